The van der Waals surface area contributed by atoms with Gasteiger partial charge in [0, 0.05) is 31.9 Å². The first-order valence-corrected chi connectivity index (χ1v) is 7.55. The van der Waals surface area contributed by atoms with Gasteiger partial charge < -0.3 is 10.2 Å². The maximum Gasteiger partial charge on any atom is 0.154 e. The molecule has 114 valence electrons. The van der Waals surface area contributed by atoms with Gasteiger partial charge in [-0.1, -0.05) is 19.1 Å². The van der Waals surface area contributed by atoms with Crippen LogP contribution in [0.15, 0.2) is 42.6 Å². The molecular formula is C17H21N5. The van der Waals surface area contributed by atoms with Crippen molar-refractivity contribution in [3.8, 4) is 11.3 Å². The van der Waals surface area contributed by atoms with Gasteiger partial charge in [0.1, 0.15) is 5.82 Å². The van der Waals surface area contributed by atoms with Gasteiger partial charge in [0.05, 0.1) is 11.9 Å². The Bertz CT molecular complexity index is 776. The predicted molar refractivity (Wildman–Crippen MR) is 91.5 cm³/mol. The molecular weight excluding hydrogens is 274 g/mol. The van der Waals surface area contributed by atoms with Crippen LogP contribution in [0.4, 0.5) is 11.5 Å². The Hall–Kier alpha value is -2.56. The molecule has 0 bridgehead atoms. The van der Waals surface area contributed by atoms with Gasteiger partial charge in [-0.25, -0.2) is 9.50 Å². The van der Waals surface area contributed by atoms with Crippen molar-refractivity contribution in [1.82, 2.24) is 14.6 Å². The summed E-state index contributed by atoms with van der Waals surface area (Å²) in [5.74, 6) is 0.873. The molecule has 3 aromatic rings. The second kappa shape index (κ2) is 6.05. The summed E-state index contributed by atoms with van der Waals surface area (Å²) >= 11 is 0. The normalized spacial score (nSPS) is 10.9. The van der Waals surface area contributed by atoms with Gasteiger partial charge in [0.2, 0.25) is 0 Å². The van der Waals surface area contributed by atoms with Crippen molar-refractivity contribution in [1.29, 1.82) is 0 Å². The summed E-state index contributed by atoms with van der Waals surface area (Å²) in [6, 6.07) is 12.3. The lowest BCUT2D eigenvalue weighted by Gasteiger charge is -2.13. The van der Waals surface area contributed by atoms with Crippen molar-refractivity contribution in [3.05, 3.63) is 42.6 Å². The van der Waals surface area contributed by atoms with Crippen LogP contribution in [0.5, 0.6) is 0 Å². The van der Waals surface area contributed by atoms with Crippen LogP contribution in [0.3, 0.4) is 0 Å². The molecule has 0 aliphatic rings. The molecule has 0 saturated heterocycles. The zero-order chi connectivity index (χ0) is 15.5. The van der Waals surface area contributed by atoms with Gasteiger partial charge in [-0.15, -0.1) is 5.10 Å². The third-order valence-electron chi connectivity index (χ3n) is 3.58. The standard InChI is InChI=1S/C17H21N5/c1-4-10-18-16-8-9-17-19-12-15(22(17)20-16)13-6-5-7-14(11-13)21(2)3/h5-9,11-12H,4,10H2,1-3H3,(H,18,20). The summed E-state index contributed by atoms with van der Waals surface area (Å²) in [6.45, 7) is 3.06. The van der Waals surface area contributed by atoms with Crippen LogP contribution < -0.4 is 10.2 Å². The topological polar surface area (TPSA) is 45.5 Å². The summed E-state index contributed by atoms with van der Waals surface area (Å²) < 4.78 is 1.90. The molecule has 0 fully saturated rings. The molecule has 5 nitrogen and oxygen atoms in total. The molecule has 2 aromatic heterocycles. The van der Waals surface area contributed by atoms with Gasteiger partial charge in [-0.3, -0.25) is 0 Å². The van der Waals surface area contributed by atoms with Crippen LogP contribution in [0, 0.1) is 0 Å². The SMILES string of the molecule is CCCNc1ccc2ncc(-c3cccc(N(C)C)c3)n2n1. The molecule has 0 spiro atoms. The second-order valence-corrected chi connectivity index (χ2v) is 5.50. The maximum atomic E-state index is 4.65. The van der Waals surface area contributed by atoms with Crippen molar-refractivity contribution in [2.45, 2.75) is 13.3 Å². The third kappa shape index (κ3) is 2.74. The van der Waals surface area contributed by atoms with Gasteiger partial charge >= 0.3 is 0 Å². The highest BCUT2D eigenvalue weighted by molar-refractivity contribution is 5.68. The van der Waals surface area contributed by atoms with E-state index in [1.54, 1.807) is 0 Å². The van der Waals surface area contributed by atoms with E-state index >= 15 is 0 Å². The van der Waals surface area contributed by atoms with E-state index < -0.39 is 0 Å². The monoisotopic (exact) mass is 295 g/mol. The zero-order valence-corrected chi connectivity index (χ0v) is 13.2. The fourth-order valence-electron chi connectivity index (χ4n) is 2.36. The molecule has 2 heterocycles. The highest BCUT2D eigenvalue weighted by Crippen LogP contribution is 2.24. The van der Waals surface area contributed by atoms with Gasteiger partial charge in [0.15, 0.2) is 5.65 Å². The predicted octanol–water partition coefficient (Wildman–Crippen LogP) is 3.28. The summed E-state index contributed by atoms with van der Waals surface area (Å²) in [7, 11) is 4.08. The van der Waals surface area contributed by atoms with Crippen molar-refractivity contribution in [2.75, 3.05) is 30.9 Å². The van der Waals surface area contributed by atoms with Crippen LogP contribution in [-0.4, -0.2) is 35.2 Å². The van der Waals surface area contributed by atoms with Crippen LogP contribution >= 0.6 is 0 Å². The number of anilines is 2. The smallest absolute Gasteiger partial charge is 0.154 e. The number of nitrogens with one attached hydrogen (secondary N) is 1. The summed E-state index contributed by atoms with van der Waals surface area (Å²) in [5.41, 5.74) is 4.12. The van der Waals surface area contributed by atoms with Crippen molar-refractivity contribution >= 4 is 17.2 Å². The number of hydrogen-bond donors (Lipinski definition) is 1. The molecule has 0 unspecified atom stereocenters. The Morgan fingerprint density at radius 3 is 2.82 bits per heavy atom. The fraction of sp³-hybridized carbons (Fsp3) is 0.294. The van der Waals surface area contributed by atoms with Crippen LogP contribution in [0.25, 0.3) is 16.9 Å². The number of benzene rings is 1. The lowest BCUT2D eigenvalue weighted by Crippen LogP contribution is -2.08. The quantitative estimate of drug-likeness (QED) is 0.784. The first-order chi connectivity index (χ1) is 10.7. The average Bonchev–Trinajstić information content (AvgIpc) is 2.96. The van der Waals surface area contributed by atoms with E-state index in [-0.39, 0.29) is 0 Å². The number of hydrogen-bond acceptors (Lipinski definition) is 4. The van der Waals surface area contributed by atoms with E-state index in [1.807, 2.05) is 36.9 Å². The Morgan fingerprint density at radius 1 is 1.18 bits per heavy atom. The molecule has 0 atom stereocenters. The fourth-order valence-corrected chi connectivity index (χ4v) is 2.36. The summed E-state index contributed by atoms with van der Waals surface area (Å²) in [5, 5.41) is 7.97. The van der Waals surface area contributed by atoms with E-state index in [9.17, 15) is 0 Å². The van der Waals surface area contributed by atoms with Crippen molar-refractivity contribution in [3.63, 3.8) is 0 Å². The number of rotatable bonds is 5. The molecule has 0 aliphatic carbocycles. The maximum absolute atomic E-state index is 4.65. The Labute approximate surface area is 130 Å². The zero-order valence-electron chi connectivity index (χ0n) is 13.2. The summed E-state index contributed by atoms with van der Waals surface area (Å²) in [6.07, 6.45) is 2.95. The van der Waals surface area contributed by atoms with E-state index in [1.165, 1.54) is 0 Å². The number of fused-ring (bicyclic) bond motifs is 1. The van der Waals surface area contributed by atoms with Gasteiger partial charge in [-0.05, 0) is 30.7 Å². The second-order valence-electron chi connectivity index (χ2n) is 5.50. The number of imidazole rings is 1. The molecule has 5 heteroatoms. The lowest BCUT2D eigenvalue weighted by atomic mass is 10.1. The molecule has 1 aromatic carbocycles. The first-order valence-electron chi connectivity index (χ1n) is 7.55. The van der Waals surface area contributed by atoms with Crippen molar-refractivity contribution in [2.24, 2.45) is 0 Å². The number of aromatic nitrogens is 3. The molecule has 0 saturated carbocycles. The summed E-state index contributed by atoms with van der Waals surface area (Å²) in [4.78, 5) is 6.54. The van der Waals surface area contributed by atoms with Crippen molar-refractivity contribution < 1.29 is 0 Å². The molecule has 1 N–H and O–H groups in total. The molecule has 0 aliphatic heterocycles. The number of nitrogens with zero attached hydrogens (tertiary/aromatic N) is 4. The van der Waals surface area contributed by atoms with E-state index in [2.05, 4.69) is 51.5 Å². The first kappa shape index (κ1) is 14.4. The minimum atomic E-state index is 0.854. The highest BCUT2D eigenvalue weighted by Gasteiger charge is 2.09. The third-order valence-corrected chi connectivity index (χ3v) is 3.58. The van der Waals surface area contributed by atoms with Gasteiger partial charge in [-0.2, -0.15) is 0 Å². The molecule has 3 rings (SSSR count). The van der Waals surface area contributed by atoms with E-state index in [4.69, 9.17) is 0 Å². The van der Waals surface area contributed by atoms with E-state index in [0.717, 1.165) is 41.4 Å². The lowest BCUT2D eigenvalue weighted by molar-refractivity contribution is 0.910. The minimum Gasteiger partial charge on any atom is -0.378 e. The van der Waals surface area contributed by atoms with Crippen LogP contribution in [-0.2, 0) is 0 Å². The Balaban J connectivity index is 2.04. The molecule has 0 radical (unpaired) electrons. The van der Waals surface area contributed by atoms with Crippen LogP contribution in [0.2, 0.25) is 0 Å². The van der Waals surface area contributed by atoms with E-state index in [0.29, 0.717) is 0 Å². The van der Waals surface area contributed by atoms with Gasteiger partial charge in [0.25, 0.3) is 0 Å². The Kier molecular flexibility index (Phi) is 3.96. The van der Waals surface area contributed by atoms with Crippen LogP contribution in [0.1, 0.15) is 13.3 Å². The molecule has 22 heavy (non-hydrogen) atoms. The Morgan fingerprint density at radius 2 is 2.05 bits per heavy atom. The minimum absolute atomic E-state index is 0.854. The largest absolute Gasteiger partial charge is 0.378 e. The highest BCUT2D eigenvalue weighted by atomic mass is 15.3. The molecule has 0 amide bonds. The average molecular weight is 295 g/mol.